The molecule has 0 radical (unpaired) electrons. The number of rotatable bonds is 4. The van der Waals surface area contributed by atoms with E-state index in [9.17, 15) is 0 Å². The van der Waals surface area contributed by atoms with Gasteiger partial charge in [0.2, 0.25) is 0 Å². The number of halogens is 1. The maximum absolute atomic E-state index is 5.77. The predicted molar refractivity (Wildman–Crippen MR) is 86.4 cm³/mol. The molecule has 2 aromatic rings. The highest BCUT2D eigenvalue weighted by Crippen LogP contribution is 2.29. The highest BCUT2D eigenvalue weighted by molar-refractivity contribution is 9.10. The molecule has 2 rings (SSSR count). The fraction of sp³-hybridized carbons (Fsp3) is 0.154. The third-order valence-corrected chi connectivity index (χ3v) is 4.52. The Hall–Kier alpha value is -0.910. The number of nitrogens with one attached hydrogen (secondary N) is 1. The van der Waals surface area contributed by atoms with Crippen LogP contribution in [-0.2, 0) is 0 Å². The lowest BCUT2D eigenvalue weighted by atomic mass is 10.1. The van der Waals surface area contributed by atoms with Crippen LogP contribution < -0.4 is 11.1 Å². The summed E-state index contributed by atoms with van der Waals surface area (Å²) >= 11 is 10.3. The molecule has 0 spiro atoms. The summed E-state index contributed by atoms with van der Waals surface area (Å²) in [6.07, 6.45) is 0. The van der Waals surface area contributed by atoms with Crippen LogP contribution in [0.4, 0.5) is 5.69 Å². The number of hydrogen-bond acceptors (Lipinski definition) is 3. The highest BCUT2D eigenvalue weighted by Gasteiger charge is 2.12. The summed E-state index contributed by atoms with van der Waals surface area (Å²) in [7, 11) is 0. The minimum Gasteiger partial charge on any atom is -0.389 e. The van der Waals surface area contributed by atoms with E-state index in [4.69, 9.17) is 18.0 Å². The Kier molecular flexibility index (Phi) is 4.37. The van der Waals surface area contributed by atoms with Gasteiger partial charge in [0.25, 0.3) is 0 Å². The maximum Gasteiger partial charge on any atom is 0.107 e. The molecule has 2 nitrogen and oxygen atoms in total. The number of anilines is 1. The zero-order valence-electron chi connectivity index (χ0n) is 9.81. The molecule has 0 bridgehead atoms. The first-order chi connectivity index (χ1) is 8.59. The molecule has 1 heterocycles. The molecule has 18 heavy (non-hydrogen) atoms. The molecule has 1 atom stereocenters. The number of nitrogens with two attached hydrogens (primary N) is 1. The van der Waals surface area contributed by atoms with E-state index < -0.39 is 0 Å². The Bertz CT molecular complexity index is 552. The van der Waals surface area contributed by atoms with Crippen molar-refractivity contribution < 1.29 is 0 Å². The van der Waals surface area contributed by atoms with Crippen molar-refractivity contribution in [1.82, 2.24) is 0 Å². The molecule has 0 amide bonds. The summed E-state index contributed by atoms with van der Waals surface area (Å²) < 4.78 is 0.915. The van der Waals surface area contributed by atoms with Gasteiger partial charge >= 0.3 is 0 Å². The second kappa shape index (κ2) is 5.82. The lowest BCUT2D eigenvalue weighted by molar-refractivity contribution is 0.907. The number of hydrogen-bond donors (Lipinski definition) is 2. The van der Waals surface area contributed by atoms with Gasteiger partial charge in [-0.2, -0.15) is 0 Å². The molecule has 0 aliphatic rings. The minimum atomic E-state index is 0.229. The Balaban J connectivity index is 2.29. The molecule has 5 heteroatoms. The standard InChI is InChI=1S/C13H13BrN2S2/c1-8(11-6-3-7-18-11)16-10-5-2-4-9(14)12(10)13(15)17/h2-8,16H,1H3,(H2,15,17). The van der Waals surface area contributed by atoms with Gasteiger partial charge in [-0.25, -0.2) is 0 Å². The van der Waals surface area contributed by atoms with Crippen molar-refractivity contribution in [2.75, 3.05) is 5.32 Å². The van der Waals surface area contributed by atoms with Crippen LogP contribution in [0.1, 0.15) is 23.4 Å². The number of thiophene rings is 1. The van der Waals surface area contributed by atoms with Crippen LogP contribution >= 0.6 is 39.5 Å². The first-order valence-corrected chi connectivity index (χ1v) is 7.56. The van der Waals surface area contributed by atoms with Crippen molar-refractivity contribution in [3.8, 4) is 0 Å². The largest absolute Gasteiger partial charge is 0.389 e. The third kappa shape index (κ3) is 2.91. The topological polar surface area (TPSA) is 38.0 Å². The minimum absolute atomic E-state index is 0.229. The Morgan fingerprint density at radius 3 is 2.78 bits per heavy atom. The van der Waals surface area contributed by atoms with Gasteiger partial charge < -0.3 is 11.1 Å². The van der Waals surface area contributed by atoms with Crippen molar-refractivity contribution >= 4 is 50.2 Å². The van der Waals surface area contributed by atoms with Crippen LogP contribution in [0.15, 0.2) is 40.2 Å². The van der Waals surface area contributed by atoms with E-state index in [1.165, 1.54) is 4.88 Å². The van der Waals surface area contributed by atoms with Gasteiger partial charge in [-0.15, -0.1) is 11.3 Å². The van der Waals surface area contributed by atoms with Crippen molar-refractivity contribution in [3.63, 3.8) is 0 Å². The molecule has 0 aliphatic carbocycles. The van der Waals surface area contributed by atoms with Gasteiger partial charge in [-0.1, -0.05) is 24.4 Å². The van der Waals surface area contributed by atoms with Gasteiger partial charge in [0.05, 0.1) is 6.04 Å². The van der Waals surface area contributed by atoms with Crippen LogP contribution in [-0.4, -0.2) is 4.99 Å². The molecule has 1 aromatic heterocycles. The second-order valence-corrected chi connectivity index (χ2v) is 6.18. The molecule has 0 aliphatic heterocycles. The summed E-state index contributed by atoms with van der Waals surface area (Å²) in [5.41, 5.74) is 7.59. The van der Waals surface area contributed by atoms with Gasteiger partial charge in [-0.05, 0) is 46.4 Å². The average molecular weight is 341 g/mol. The number of thiocarbonyl (C=S) groups is 1. The lowest BCUT2D eigenvalue weighted by Gasteiger charge is -2.17. The molecule has 0 fully saturated rings. The third-order valence-electron chi connectivity index (χ3n) is 2.60. The van der Waals surface area contributed by atoms with Crippen molar-refractivity contribution in [2.45, 2.75) is 13.0 Å². The van der Waals surface area contributed by atoms with Crippen LogP contribution in [0, 0.1) is 0 Å². The van der Waals surface area contributed by atoms with Crippen LogP contribution in [0.5, 0.6) is 0 Å². The molecule has 94 valence electrons. The second-order valence-electron chi connectivity index (χ2n) is 3.91. The van der Waals surface area contributed by atoms with E-state index >= 15 is 0 Å². The summed E-state index contributed by atoms with van der Waals surface area (Å²) in [5, 5.41) is 5.52. The summed E-state index contributed by atoms with van der Waals surface area (Å²) in [6.45, 7) is 2.12. The predicted octanol–water partition coefficient (Wildman–Crippen LogP) is 4.32. The molecule has 1 unspecified atom stereocenters. The maximum atomic E-state index is 5.77. The van der Waals surface area contributed by atoms with Crippen molar-refractivity contribution in [1.29, 1.82) is 0 Å². The lowest BCUT2D eigenvalue weighted by Crippen LogP contribution is -2.15. The van der Waals surface area contributed by atoms with E-state index in [1.54, 1.807) is 11.3 Å². The molecule has 3 N–H and O–H groups in total. The van der Waals surface area contributed by atoms with Gasteiger partial charge in [0.1, 0.15) is 4.99 Å². The zero-order valence-corrected chi connectivity index (χ0v) is 13.0. The van der Waals surface area contributed by atoms with Gasteiger partial charge in [0, 0.05) is 20.6 Å². The Morgan fingerprint density at radius 1 is 1.39 bits per heavy atom. The van der Waals surface area contributed by atoms with Crippen LogP contribution in [0.25, 0.3) is 0 Å². The quantitative estimate of drug-likeness (QED) is 0.814. The SMILES string of the molecule is CC(Nc1cccc(Br)c1C(N)=S)c1cccs1. The average Bonchev–Trinajstić information content (AvgIpc) is 2.81. The molecular formula is C13H13BrN2S2. The fourth-order valence-corrected chi connectivity index (χ4v) is 3.40. The fourth-order valence-electron chi connectivity index (χ4n) is 1.74. The Labute approximate surface area is 124 Å². The van der Waals surface area contributed by atoms with Gasteiger partial charge in [0.15, 0.2) is 0 Å². The summed E-state index contributed by atoms with van der Waals surface area (Å²) in [5.74, 6) is 0. The van der Waals surface area contributed by atoms with E-state index in [0.29, 0.717) is 4.99 Å². The van der Waals surface area contributed by atoms with Crippen molar-refractivity contribution in [2.24, 2.45) is 5.73 Å². The van der Waals surface area contributed by atoms with E-state index in [0.717, 1.165) is 15.7 Å². The smallest absolute Gasteiger partial charge is 0.107 e. The van der Waals surface area contributed by atoms with Gasteiger partial charge in [-0.3, -0.25) is 0 Å². The first kappa shape index (κ1) is 13.5. The number of benzene rings is 1. The molecule has 0 saturated carbocycles. The monoisotopic (exact) mass is 340 g/mol. The molecule has 0 saturated heterocycles. The molecular weight excluding hydrogens is 328 g/mol. The summed E-state index contributed by atoms with van der Waals surface area (Å²) in [4.78, 5) is 1.67. The molecule has 1 aromatic carbocycles. The van der Waals surface area contributed by atoms with E-state index in [-0.39, 0.29) is 6.04 Å². The van der Waals surface area contributed by atoms with Crippen LogP contribution in [0.2, 0.25) is 0 Å². The Morgan fingerprint density at radius 2 is 2.17 bits per heavy atom. The normalized spacial score (nSPS) is 12.1. The zero-order chi connectivity index (χ0) is 13.1. The van der Waals surface area contributed by atoms with Crippen molar-refractivity contribution in [3.05, 3.63) is 50.6 Å². The summed E-state index contributed by atoms with van der Waals surface area (Å²) in [6, 6.07) is 10.3. The highest BCUT2D eigenvalue weighted by atomic mass is 79.9. The van der Waals surface area contributed by atoms with E-state index in [1.807, 2.05) is 24.3 Å². The first-order valence-electron chi connectivity index (χ1n) is 5.48. The van der Waals surface area contributed by atoms with E-state index in [2.05, 4.69) is 39.6 Å². The van der Waals surface area contributed by atoms with Crippen LogP contribution in [0.3, 0.4) is 0 Å².